The summed E-state index contributed by atoms with van der Waals surface area (Å²) in [4.78, 5) is 4.13. The molecule has 1 aliphatic rings. The van der Waals surface area contributed by atoms with Gasteiger partial charge >= 0.3 is 0 Å². The number of aliphatic hydroxyl groups is 1. The third-order valence-corrected chi connectivity index (χ3v) is 2.34. The van der Waals surface area contributed by atoms with E-state index < -0.39 is 0 Å². The number of hydrogen-bond acceptors (Lipinski definition) is 2. The van der Waals surface area contributed by atoms with Gasteiger partial charge in [-0.1, -0.05) is 32.9 Å². The Morgan fingerprint density at radius 2 is 1.88 bits per heavy atom. The topological polar surface area (TPSA) is 32.6 Å². The summed E-state index contributed by atoms with van der Waals surface area (Å²) in [6.07, 6.45) is 5.04. The van der Waals surface area contributed by atoms with Crippen LogP contribution in [-0.2, 0) is 0 Å². The van der Waals surface area contributed by atoms with Crippen molar-refractivity contribution >= 4 is 5.71 Å². The lowest BCUT2D eigenvalue weighted by Crippen LogP contribution is -2.13. The first-order chi connectivity index (χ1) is 7.61. The van der Waals surface area contributed by atoms with Gasteiger partial charge in [-0.05, 0) is 31.4 Å². The van der Waals surface area contributed by atoms with Crippen LogP contribution in [-0.4, -0.2) is 17.9 Å². The van der Waals surface area contributed by atoms with Crippen molar-refractivity contribution in [3.05, 3.63) is 34.6 Å². The molecule has 1 N–H and O–H groups in total. The standard InChI is InChI=1S/C12H17NO.C2H6/c1-5-6-10-8(2)7-9(3)12(14)11(10)13-4;1-2/h6-7,14H,5H2,1-4H3;1-2H3/b10-6-,13-11?;. The molecule has 0 spiro atoms. The highest BCUT2D eigenvalue weighted by atomic mass is 16.3. The van der Waals surface area contributed by atoms with Crippen LogP contribution >= 0.6 is 0 Å². The minimum atomic E-state index is 0.304. The van der Waals surface area contributed by atoms with Crippen LogP contribution in [0, 0.1) is 0 Å². The van der Waals surface area contributed by atoms with Crippen LogP contribution in [0.5, 0.6) is 0 Å². The molecule has 0 bridgehead atoms. The summed E-state index contributed by atoms with van der Waals surface area (Å²) in [5.74, 6) is 0.304. The van der Waals surface area contributed by atoms with Crippen LogP contribution in [0.25, 0.3) is 0 Å². The van der Waals surface area contributed by atoms with Gasteiger partial charge in [-0.25, -0.2) is 0 Å². The van der Waals surface area contributed by atoms with Crippen LogP contribution in [0.4, 0.5) is 0 Å². The lowest BCUT2D eigenvalue weighted by atomic mass is 9.91. The van der Waals surface area contributed by atoms with Crippen molar-refractivity contribution in [3.63, 3.8) is 0 Å². The number of allylic oxidation sites excluding steroid dienone is 5. The van der Waals surface area contributed by atoms with Gasteiger partial charge < -0.3 is 5.11 Å². The molecule has 90 valence electrons. The van der Waals surface area contributed by atoms with E-state index in [2.05, 4.69) is 18.0 Å². The van der Waals surface area contributed by atoms with Gasteiger partial charge in [0.05, 0.1) is 0 Å². The van der Waals surface area contributed by atoms with E-state index in [-0.39, 0.29) is 0 Å². The lowest BCUT2D eigenvalue weighted by molar-refractivity contribution is 0.437. The molecule has 0 aromatic carbocycles. The van der Waals surface area contributed by atoms with E-state index in [1.807, 2.05) is 33.8 Å². The molecule has 0 heterocycles. The summed E-state index contributed by atoms with van der Waals surface area (Å²) in [5, 5.41) is 9.82. The van der Waals surface area contributed by atoms with Gasteiger partial charge in [0.15, 0.2) is 0 Å². The van der Waals surface area contributed by atoms with Crippen LogP contribution < -0.4 is 0 Å². The smallest absolute Gasteiger partial charge is 0.144 e. The maximum Gasteiger partial charge on any atom is 0.144 e. The Balaban J connectivity index is 0.00000106. The summed E-state index contributed by atoms with van der Waals surface area (Å²) in [6.45, 7) is 10.0. The van der Waals surface area contributed by atoms with Crippen molar-refractivity contribution in [2.45, 2.75) is 41.0 Å². The largest absolute Gasteiger partial charge is 0.505 e. The summed E-state index contributed by atoms with van der Waals surface area (Å²) < 4.78 is 0. The molecule has 0 saturated heterocycles. The molecule has 2 heteroatoms. The molecule has 0 aromatic heterocycles. The second-order valence-electron chi connectivity index (χ2n) is 3.46. The molecule has 16 heavy (non-hydrogen) atoms. The maximum atomic E-state index is 9.82. The first-order valence-electron chi connectivity index (χ1n) is 5.88. The minimum Gasteiger partial charge on any atom is -0.505 e. The van der Waals surface area contributed by atoms with Crippen molar-refractivity contribution < 1.29 is 5.11 Å². The Kier molecular flexibility index (Phi) is 6.47. The van der Waals surface area contributed by atoms with E-state index in [4.69, 9.17) is 0 Å². The zero-order chi connectivity index (χ0) is 12.7. The fourth-order valence-electron chi connectivity index (χ4n) is 1.66. The van der Waals surface area contributed by atoms with Crippen molar-refractivity contribution in [1.82, 2.24) is 0 Å². The molecule has 0 aliphatic heterocycles. The predicted octanol–water partition coefficient (Wildman–Crippen LogP) is 4.21. The van der Waals surface area contributed by atoms with Crippen molar-refractivity contribution in [3.8, 4) is 0 Å². The molecule has 0 atom stereocenters. The van der Waals surface area contributed by atoms with E-state index >= 15 is 0 Å². The Bertz CT molecular complexity index is 357. The Labute approximate surface area is 99.1 Å². The quantitative estimate of drug-likeness (QED) is 0.706. The molecule has 0 unspecified atom stereocenters. The molecule has 0 radical (unpaired) electrons. The summed E-state index contributed by atoms with van der Waals surface area (Å²) in [7, 11) is 1.71. The van der Waals surface area contributed by atoms with E-state index in [9.17, 15) is 5.11 Å². The zero-order valence-electron chi connectivity index (χ0n) is 11.3. The summed E-state index contributed by atoms with van der Waals surface area (Å²) in [6, 6.07) is 0. The molecule has 0 fully saturated rings. The molecule has 0 saturated carbocycles. The minimum absolute atomic E-state index is 0.304. The monoisotopic (exact) mass is 221 g/mol. The summed E-state index contributed by atoms with van der Waals surface area (Å²) in [5.41, 5.74) is 3.82. The highest BCUT2D eigenvalue weighted by Crippen LogP contribution is 2.25. The number of nitrogens with zero attached hydrogens (tertiary/aromatic N) is 1. The van der Waals surface area contributed by atoms with E-state index in [0.29, 0.717) is 11.5 Å². The molecular weight excluding hydrogens is 198 g/mol. The highest BCUT2D eigenvalue weighted by Gasteiger charge is 2.18. The maximum absolute atomic E-state index is 9.82. The van der Waals surface area contributed by atoms with Crippen LogP contribution in [0.3, 0.4) is 0 Å². The van der Waals surface area contributed by atoms with E-state index in [0.717, 1.165) is 17.6 Å². The number of rotatable bonds is 1. The van der Waals surface area contributed by atoms with Gasteiger partial charge in [-0.2, -0.15) is 0 Å². The Morgan fingerprint density at radius 1 is 1.31 bits per heavy atom. The second kappa shape index (κ2) is 7.04. The lowest BCUT2D eigenvalue weighted by Gasteiger charge is -2.17. The highest BCUT2D eigenvalue weighted by molar-refractivity contribution is 6.15. The Morgan fingerprint density at radius 3 is 2.31 bits per heavy atom. The van der Waals surface area contributed by atoms with Gasteiger partial charge in [0.1, 0.15) is 11.5 Å². The molecule has 1 aliphatic carbocycles. The molecular formula is C14H23NO. The zero-order valence-corrected chi connectivity index (χ0v) is 11.3. The third kappa shape index (κ3) is 3.09. The predicted molar refractivity (Wildman–Crippen MR) is 72.2 cm³/mol. The molecule has 0 amide bonds. The average Bonchev–Trinajstić information content (AvgIpc) is 2.29. The SMILES string of the molecule is CC.CC/C=C1/C(C)=CC(C)=C(O)C1=NC. The van der Waals surface area contributed by atoms with Crippen LogP contribution in [0.2, 0.25) is 0 Å². The van der Waals surface area contributed by atoms with Gasteiger partial charge in [-0.15, -0.1) is 0 Å². The number of hydrogen-bond donors (Lipinski definition) is 1. The summed E-state index contributed by atoms with van der Waals surface area (Å²) >= 11 is 0. The second-order valence-corrected chi connectivity index (χ2v) is 3.46. The van der Waals surface area contributed by atoms with E-state index in [1.165, 1.54) is 5.57 Å². The van der Waals surface area contributed by atoms with Crippen LogP contribution in [0.1, 0.15) is 41.0 Å². The molecule has 0 aromatic rings. The third-order valence-electron chi connectivity index (χ3n) is 2.34. The normalized spacial score (nSPS) is 20.8. The first-order valence-corrected chi connectivity index (χ1v) is 5.88. The van der Waals surface area contributed by atoms with Crippen molar-refractivity contribution in [2.75, 3.05) is 7.05 Å². The Hall–Kier alpha value is -1.31. The average molecular weight is 221 g/mol. The van der Waals surface area contributed by atoms with Gasteiger partial charge in [-0.3, -0.25) is 4.99 Å². The first kappa shape index (κ1) is 14.7. The fraction of sp³-hybridized carbons (Fsp3) is 0.500. The van der Waals surface area contributed by atoms with Gasteiger partial charge in [0.25, 0.3) is 0 Å². The fourth-order valence-corrected chi connectivity index (χ4v) is 1.66. The molecule has 2 nitrogen and oxygen atoms in total. The number of aliphatic imine (C=N–C) groups is 1. The van der Waals surface area contributed by atoms with E-state index in [1.54, 1.807) is 7.05 Å². The van der Waals surface area contributed by atoms with Crippen LogP contribution in [0.15, 0.2) is 39.6 Å². The number of aliphatic hydroxyl groups excluding tert-OH is 1. The van der Waals surface area contributed by atoms with Gasteiger partial charge in [0, 0.05) is 12.6 Å². The van der Waals surface area contributed by atoms with Gasteiger partial charge in [0.2, 0.25) is 0 Å². The van der Waals surface area contributed by atoms with Crippen molar-refractivity contribution in [1.29, 1.82) is 0 Å². The van der Waals surface area contributed by atoms with Crippen molar-refractivity contribution in [2.24, 2.45) is 4.99 Å². The molecule has 1 rings (SSSR count).